The molecule has 1 aromatic carbocycles. The molecule has 1 saturated heterocycles. The average molecular weight is 373 g/mol. The Kier molecular flexibility index (Phi) is 4.14. The number of nitrogens with one attached hydrogen (secondary N) is 1. The van der Waals surface area contributed by atoms with Gasteiger partial charge < -0.3 is 4.90 Å². The van der Waals surface area contributed by atoms with E-state index < -0.39 is 23.2 Å². The van der Waals surface area contributed by atoms with E-state index in [0.717, 1.165) is 12.1 Å². The summed E-state index contributed by atoms with van der Waals surface area (Å²) < 4.78 is 42.1. The first-order chi connectivity index (χ1) is 12.9. The second-order valence-corrected chi connectivity index (χ2v) is 6.40. The maximum atomic E-state index is 15.2. The maximum absolute atomic E-state index is 15.2. The van der Waals surface area contributed by atoms with Gasteiger partial charge in [0.25, 0.3) is 5.91 Å². The van der Waals surface area contributed by atoms with Gasteiger partial charge in [0.1, 0.15) is 17.3 Å². The van der Waals surface area contributed by atoms with Gasteiger partial charge in [0.05, 0.1) is 24.6 Å². The van der Waals surface area contributed by atoms with Crippen molar-refractivity contribution in [3.05, 3.63) is 65.6 Å². The van der Waals surface area contributed by atoms with Crippen LogP contribution in [0.3, 0.4) is 0 Å². The molecule has 6 nitrogen and oxygen atoms in total. The average Bonchev–Trinajstić information content (AvgIpc) is 3.29. The fraction of sp³-hybridized carbons (Fsp3) is 0.222. The molecule has 9 heteroatoms. The molecule has 138 valence electrons. The smallest absolute Gasteiger partial charge is 0.272 e. The van der Waals surface area contributed by atoms with Crippen LogP contribution in [-0.4, -0.2) is 44.3 Å². The lowest BCUT2D eigenvalue weighted by molar-refractivity contribution is 0.0744. The predicted molar refractivity (Wildman–Crippen MR) is 89.3 cm³/mol. The van der Waals surface area contributed by atoms with Crippen LogP contribution in [0.5, 0.6) is 0 Å². The molecule has 1 N–H and O–H groups in total. The summed E-state index contributed by atoms with van der Waals surface area (Å²) in [5.74, 6) is -2.14. The highest BCUT2D eigenvalue weighted by Crippen LogP contribution is 2.37. The summed E-state index contributed by atoms with van der Waals surface area (Å²) in [7, 11) is 0. The molecule has 1 amide bonds. The first-order valence-corrected chi connectivity index (χ1v) is 8.22. The molecular weight excluding hydrogens is 359 g/mol. The van der Waals surface area contributed by atoms with Crippen molar-refractivity contribution in [2.75, 3.05) is 13.1 Å². The van der Waals surface area contributed by atoms with Gasteiger partial charge >= 0.3 is 0 Å². The summed E-state index contributed by atoms with van der Waals surface area (Å²) in [5, 5.41) is 14.1. The minimum Gasteiger partial charge on any atom is -0.334 e. The monoisotopic (exact) mass is 373 g/mol. The molecule has 0 aliphatic carbocycles. The Morgan fingerprint density at radius 1 is 1.15 bits per heavy atom. The number of likely N-dealkylation sites (tertiary alicyclic amines) is 1. The highest BCUT2D eigenvalue weighted by molar-refractivity contribution is 5.93. The quantitative estimate of drug-likeness (QED) is 0.766. The molecule has 1 aliphatic heterocycles. The van der Waals surface area contributed by atoms with Crippen molar-refractivity contribution < 1.29 is 18.0 Å². The molecule has 0 spiro atoms. The lowest BCUT2D eigenvalue weighted by Gasteiger charge is -2.21. The SMILES string of the molecule is O=C(c1cc(-c2ccnnc2)n[nH]1)N1CCC(F)(c2cc(F)cc(F)c2)C1. The van der Waals surface area contributed by atoms with Crippen molar-refractivity contribution in [2.45, 2.75) is 12.1 Å². The number of halogens is 3. The van der Waals surface area contributed by atoms with Gasteiger partial charge in [0.15, 0.2) is 5.67 Å². The van der Waals surface area contributed by atoms with Crippen molar-refractivity contribution in [1.82, 2.24) is 25.3 Å². The Hall–Kier alpha value is -3.23. The van der Waals surface area contributed by atoms with Gasteiger partial charge in [-0.25, -0.2) is 13.2 Å². The van der Waals surface area contributed by atoms with Crippen LogP contribution in [0.4, 0.5) is 13.2 Å². The number of hydrogen-bond donors (Lipinski definition) is 1. The van der Waals surface area contributed by atoms with E-state index in [9.17, 15) is 13.6 Å². The standard InChI is InChI=1S/C18H14F3N5O/c19-13-5-12(6-14(20)7-13)18(21)2-4-26(10-18)17(27)16-8-15(24-25-16)11-1-3-22-23-9-11/h1,3,5-9H,2,4,10H2,(H,24,25). The number of hydrogen-bond acceptors (Lipinski definition) is 4. The molecule has 3 heterocycles. The van der Waals surface area contributed by atoms with Crippen LogP contribution in [0.2, 0.25) is 0 Å². The van der Waals surface area contributed by atoms with Crippen LogP contribution < -0.4 is 0 Å². The van der Waals surface area contributed by atoms with E-state index in [2.05, 4.69) is 20.4 Å². The Morgan fingerprint density at radius 2 is 1.93 bits per heavy atom. The van der Waals surface area contributed by atoms with Gasteiger partial charge in [-0.15, -0.1) is 0 Å². The molecule has 1 atom stereocenters. The van der Waals surface area contributed by atoms with Gasteiger partial charge in [0.2, 0.25) is 0 Å². The first kappa shape index (κ1) is 17.2. The van der Waals surface area contributed by atoms with Gasteiger partial charge in [-0.2, -0.15) is 15.3 Å². The number of carbonyl (C=O) groups is 1. The molecule has 27 heavy (non-hydrogen) atoms. The van der Waals surface area contributed by atoms with Crippen molar-refractivity contribution in [1.29, 1.82) is 0 Å². The Balaban J connectivity index is 1.53. The maximum Gasteiger partial charge on any atom is 0.272 e. The van der Waals surface area contributed by atoms with E-state index in [-0.39, 0.29) is 30.8 Å². The number of aromatic nitrogens is 4. The Bertz CT molecular complexity index is 973. The molecule has 1 fully saturated rings. The molecule has 2 aromatic heterocycles. The van der Waals surface area contributed by atoms with Gasteiger partial charge in [-0.05, 0) is 29.8 Å². The fourth-order valence-electron chi connectivity index (χ4n) is 3.19. The number of rotatable bonds is 3. The van der Waals surface area contributed by atoms with Crippen molar-refractivity contribution in [2.24, 2.45) is 0 Å². The van der Waals surface area contributed by atoms with Gasteiger partial charge in [-0.1, -0.05) is 0 Å². The number of benzene rings is 1. The zero-order chi connectivity index (χ0) is 19.0. The highest BCUT2D eigenvalue weighted by Gasteiger charge is 2.42. The van der Waals surface area contributed by atoms with Gasteiger partial charge in [-0.3, -0.25) is 9.89 Å². The minimum atomic E-state index is -2.00. The number of amides is 1. The molecule has 1 unspecified atom stereocenters. The molecule has 0 bridgehead atoms. The highest BCUT2D eigenvalue weighted by atomic mass is 19.1. The van der Waals surface area contributed by atoms with E-state index in [1.54, 1.807) is 12.1 Å². The van der Waals surface area contributed by atoms with Crippen molar-refractivity contribution in [3.63, 3.8) is 0 Å². The third-order valence-corrected chi connectivity index (χ3v) is 4.57. The minimum absolute atomic E-state index is 0.0447. The van der Waals surface area contributed by atoms with E-state index in [0.29, 0.717) is 17.3 Å². The first-order valence-electron chi connectivity index (χ1n) is 8.22. The molecule has 0 saturated carbocycles. The molecule has 1 aliphatic rings. The summed E-state index contributed by atoms with van der Waals surface area (Å²) in [6.07, 6.45) is 2.96. The Morgan fingerprint density at radius 3 is 2.63 bits per heavy atom. The van der Waals surface area contributed by atoms with Crippen LogP contribution >= 0.6 is 0 Å². The lowest BCUT2D eigenvalue weighted by atomic mass is 9.95. The van der Waals surface area contributed by atoms with Crippen LogP contribution in [0, 0.1) is 11.6 Å². The number of H-pyrrole nitrogens is 1. The molecule has 0 radical (unpaired) electrons. The van der Waals surface area contributed by atoms with E-state index >= 15 is 4.39 Å². The number of carbonyl (C=O) groups excluding carboxylic acids is 1. The molecule has 4 rings (SSSR count). The third-order valence-electron chi connectivity index (χ3n) is 4.57. The van der Waals surface area contributed by atoms with Crippen LogP contribution in [0.25, 0.3) is 11.3 Å². The van der Waals surface area contributed by atoms with Crippen molar-refractivity contribution >= 4 is 5.91 Å². The zero-order valence-electron chi connectivity index (χ0n) is 14.0. The van der Waals surface area contributed by atoms with E-state index in [4.69, 9.17) is 0 Å². The topological polar surface area (TPSA) is 74.8 Å². The van der Waals surface area contributed by atoms with E-state index in [1.807, 2.05) is 0 Å². The fourth-order valence-corrected chi connectivity index (χ4v) is 3.19. The second-order valence-electron chi connectivity index (χ2n) is 6.40. The molecule has 3 aromatic rings. The van der Waals surface area contributed by atoms with Crippen LogP contribution in [0.1, 0.15) is 22.5 Å². The normalized spacial score (nSPS) is 19.4. The van der Waals surface area contributed by atoms with Gasteiger partial charge in [0, 0.05) is 24.6 Å². The van der Waals surface area contributed by atoms with Crippen LogP contribution in [-0.2, 0) is 5.67 Å². The third kappa shape index (κ3) is 3.27. The second kappa shape index (κ2) is 6.49. The lowest BCUT2D eigenvalue weighted by Crippen LogP contribution is -2.32. The summed E-state index contributed by atoms with van der Waals surface area (Å²) in [4.78, 5) is 14.0. The van der Waals surface area contributed by atoms with E-state index in [1.165, 1.54) is 17.3 Å². The summed E-state index contributed by atoms with van der Waals surface area (Å²) >= 11 is 0. The van der Waals surface area contributed by atoms with Crippen molar-refractivity contribution in [3.8, 4) is 11.3 Å². The van der Waals surface area contributed by atoms with Crippen LogP contribution in [0.15, 0.2) is 42.7 Å². The number of alkyl halides is 1. The molecular formula is C18H14F3N5O. The number of nitrogens with zero attached hydrogens (tertiary/aromatic N) is 4. The number of aromatic amines is 1. The Labute approximate surface area is 152 Å². The summed E-state index contributed by atoms with van der Waals surface area (Å²) in [6.45, 7) is -0.168. The summed E-state index contributed by atoms with van der Waals surface area (Å²) in [6, 6.07) is 5.84. The predicted octanol–water partition coefficient (Wildman–Crippen LogP) is 2.86. The largest absolute Gasteiger partial charge is 0.334 e. The summed E-state index contributed by atoms with van der Waals surface area (Å²) in [5.41, 5.74) is -0.737. The zero-order valence-corrected chi connectivity index (χ0v) is 14.0.